The van der Waals surface area contributed by atoms with Crippen LogP contribution in [-0.4, -0.2) is 82.1 Å². The summed E-state index contributed by atoms with van der Waals surface area (Å²) in [6.45, 7) is 10.8. The lowest BCUT2D eigenvalue weighted by Gasteiger charge is -2.35. The van der Waals surface area contributed by atoms with Crippen LogP contribution >= 0.6 is 0 Å². The molecule has 0 unspecified atom stereocenters. The molecule has 294 valence electrons. The topological polar surface area (TPSA) is 217 Å². The van der Waals surface area contributed by atoms with E-state index in [4.69, 9.17) is 19.9 Å². The van der Waals surface area contributed by atoms with Crippen molar-refractivity contribution >= 4 is 39.7 Å². The minimum Gasteiger partial charge on any atom is -0.490 e. The maximum Gasteiger partial charge on any atom is 0.328 e. The Morgan fingerprint density at radius 3 is 2.41 bits per heavy atom. The van der Waals surface area contributed by atoms with Crippen molar-refractivity contribution < 1.29 is 41.8 Å². The summed E-state index contributed by atoms with van der Waals surface area (Å²) in [6.07, 6.45) is 5.20. The molecule has 2 aromatic carbocycles. The van der Waals surface area contributed by atoms with Gasteiger partial charge < -0.3 is 35.9 Å². The van der Waals surface area contributed by atoms with E-state index in [-0.39, 0.29) is 55.3 Å². The number of carbonyl (C=O) groups excluding carboxylic acids is 4. The fourth-order valence-electron chi connectivity index (χ4n) is 6.49. The van der Waals surface area contributed by atoms with Crippen LogP contribution in [0.1, 0.15) is 74.3 Å². The molecule has 2 aromatic rings. The number of fused-ring (bicyclic) bond motifs is 14. The third kappa shape index (κ3) is 10.7. The predicted molar refractivity (Wildman–Crippen MR) is 203 cm³/mol. The first kappa shape index (κ1) is 41.6. The second-order valence-corrected chi connectivity index (χ2v) is 15.8. The van der Waals surface area contributed by atoms with E-state index in [0.29, 0.717) is 29.0 Å². The maximum absolute atomic E-state index is 13.7. The number of rotatable bonds is 8. The van der Waals surface area contributed by atoms with Gasteiger partial charge in [0.05, 0.1) is 12.0 Å². The van der Waals surface area contributed by atoms with Crippen molar-refractivity contribution in [3.63, 3.8) is 0 Å². The molecular weight excluding hydrogens is 717 g/mol. The number of nitrogens with zero attached hydrogens (tertiary/aromatic N) is 1. The Bertz CT molecular complexity index is 1910. The van der Waals surface area contributed by atoms with Crippen molar-refractivity contribution in [2.24, 2.45) is 10.7 Å². The molecule has 5 rings (SSSR count). The Kier molecular flexibility index (Phi) is 13.7. The van der Waals surface area contributed by atoms with Crippen LogP contribution in [0.3, 0.4) is 0 Å². The van der Waals surface area contributed by atoms with E-state index in [9.17, 15) is 27.6 Å². The summed E-state index contributed by atoms with van der Waals surface area (Å²) in [5.74, 6) is -1.48. The zero-order valence-electron chi connectivity index (χ0n) is 32.0. The van der Waals surface area contributed by atoms with Gasteiger partial charge in [-0.2, -0.15) is 0 Å². The fourth-order valence-corrected chi connectivity index (χ4v) is 8.02. The first-order valence-electron chi connectivity index (χ1n) is 17.9. The molecule has 6 N–H and O–H groups in total. The first-order chi connectivity index (χ1) is 25.4. The number of hydrogen-bond acceptors (Lipinski definition) is 10. The van der Waals surface area contributed by atoms with Crippen molar-refractivity contribution in [3.05, 3.63) is 64.2 Å². The molecule has 0 aromatic heterocycles. The Balaban J connectivity index is 1.53. The summed E-state index contributed by atoms with van der Waals surface area (Å²) in [4.78, 5) is 56.2. The normalized spacial score (nSPS) is 20.6. The monoisotopic (exact) mass is 768 g/mol. The highest BCUT2D eigenvalue weighted by Crippen LogP contribution is 2.42. The average molecular weight is 769 g/mol. The van der Waals surface area contributed by atoms with Crippen LogP contribution in [0.15, 0.2) is 46.3 Å². The summed E-state index contributed by atoms with van der Waals surface area (Å²) in [7, 11) is -2.94. The van der Waals surface area contributed by atoms with Gasteiger partial charge in [0, 0.05) is 19.9 Å². The number of sulfonamides is 1. The summed E-state index contributed by atoms with van der Waals surface area (Å²) < 4.78 is 46.6. The molecule has 54 heavy (non-hydrogen) atoms. The van der Waals surface area contributed by atoms with E-state index in [0.717, 1.165) is 23.1 Å². The molecule has 0 aliphatic carbocycles. The SMILES string of the molecule is COC(=O)[C@H]1CC=CCOc2ccc(cc2)C[C@H](NC(C)=O)C(=O)N[C@H](CCCN=C(N)NS(=O)(=O)c2c(C)c(C)c3c(c2C)CCC(C)(C)O3)C(=O)N1. The number of carbonyl (C=O) groups is 4. The van der Waals surface area contributed by atoms with Gasteiger partial charge in [0.15, 0.2) is 0 Å². The number of aliphatic imine (C=N–C) groups is 1. The molecule has 3 aliphatic heterocycles. The molecule has 0 saturated heterocycles. The number of nitrogens with two attached hydrogens (primary N) is 1. The van der Waals surface area contributed by atoms with Crippen LogP contribution in [0.4, 0.5) is 0 Å². The maximum atomic E-state index is 13.7. The van der Waals surface area contributed by atoms with E-state index in [1.165, 1.54) is 14.0 Å². The van der Waals surface area contributed by atoms with Crippen LogP contribution < -0.4 is 35.9 Å². The van der Waals surface area contributed by atoms with Crippen LogP contribution in [0.25, 0.3) is 0 Å². The van der Waals surface area contributed by atoms with Crippen molar-refractivity contribution in [2.45, 2.75) is 109 Å². The highest BCUT2D eigenvalue weighted by atomic mass is 32.2. The van der Waals surface area contributed by atoms with Crippen molar-refractivity contribution in [2.75, 3.05) is 20.3 Å². The Labute approximate surface area is 316 Å². The number of nitrogens with one attached hydrogen (secondary N) is 4. The molecule has 3 heterocycles. The zero-order chi connectivity index (χ0) is 39.8. The summed E-state index contributed by atoms with van der Waals surface area (Å²) in [6, 6.07) is 3.77. The van der Waals surface area contributed by atoms with Crippen LogP contribution in [0, 0.1) is 20.8 Å². The molecule has 15 nitrogen and oxygen atoms in total. The van der Waals surface area contributed by atoms with Crippen LogP contribution in [0.5, 0.6) is 11.5 Å². The molecular formula is C38H52N6O9S. The Morgan fingerprint density at radius 2 is 1.74 bits per heavy atom. The number of benzene rings is 2. The van der Waals surface area contributed by atoms with Gasteiger partial charge in [-0.05, 0) is 107 Å². The average Bonchev–Trinajstić information content (AvgIpc) is 3.10. The minimum absolute atomic E-state index is 0.0112. The van der Waals surface area contributed by atoms with Gasteiger partial charge in [-0.3, -0.25) is 19.4 Å². The smallest absolute Gasteiger partial charge is 0.328 e. The highest BCUT2D eigenvalue weighted by molar-refractivity contribution is 7.90. The number of methoxy groups -OCH3 is 1. The minimum atomic E-state index is -4.14. The molecule has 0 spiro atoms. The predicted octanol–water partition coefficient (Wildman–Crippen LogP) is 2.32. The Hall–Kier alpha value is -5.12. The van der Waals surface area contributed by atoms with Gasteiger partial charge in [-0.1, -0.05) is 24.3 Å². The highest BCUT2D eigenvalue weighted by Gasteiger charge is 2.34. The van der Waals surface area contributed by atoms with E-state index in [2.05, 4.69) is 25.7 Å². The van der Waals surface area contributed by atoms with E-state index >= 15 is 0 Å². The molecule has 3 aliphatic rings. The van der Waals surface area contributed by atoms with Gasteiger partial charge in [0.1, 0.15) is 41.8 Å². The molecule has 3 atom stereocenters. The second kappa shape index (κ2) is 17.8. The quantitative estimate of drug-likeness (QED) is 0.0869. The lowest BCUT2D eigenvalue weighted by molar-refractivity contribution is -0.145. The number of ether oxygens (including phenoxy) is 3. The molecule has 0 saturated carbocycles. The zero-order valence-corrected chi connectivity index (χ0v) is 32.8. The van der Waals surface area contributed by atoms with Gasteiger partial charge in [-0.15, -0.1) is 0 Å². The first-order valence-corrected chi connectivity index (χ1v) is 19.4. The number of guanidine groups is 1. The van der Waals surface area contributed by atoms with Gasteiger partial charge >= 0.3 is 5.97 Å². The molecule has 2 bridgehead atoms. The number of esters is 1. The standard InChI is InChI=1S/C38H52N6O9S/c1-22-23(2)33(24(3)28-17-18-38(5,6)53-32(22)28)54(49,50)44-37(39)40-19-10-12-29-34(46)43-30(36(48)51-7)11-8-9-20-52-27-15-13-26(14-16-27)21-31(35(47)42-29)41-25(4)45/h8-9,13-16,29-31H,10-12,17-21H2,1-7H3,(H,41,45)(H,42,47)(H,43,46)(H3,39,40,44)/t29-,30-,31+/m1/s1. The summed E-state index contributed by atoms with van der Waals surface area (Å²) in [5, 5.41) is 8.01. The largest absolute Gasteiger partial charge is 0.490 e. The third-order valence-corrected chi connectivity index (χ3v) is 11.1. The molecule has 0 radical (unpaired) electrons. The van der Waals surface area contributed by atoms with Gasteiger partial charge in [0.2, 0.25) is 23.7 Å². The van der Waals surface area contributed by atoms with E-state index < -0.39 is 51.8 Å². The fraction of sp³-hybridized carbons (Fsp3) is 0.500. The number of hydrogen-bond donors (Lipinski definition) is 5. The van der Waals surface area contributed by atoms with Crippen LogP contribution in [0.2, 0.25) is 0 Å². The lowest BCUT2D eigenvalue weighted by Crippen LogP contribution is -2.56. The summed E-state index contributed by atoms with van der Waals surface area (Å²) >= 11 is 0. The van der Waals surface area contributed by atoms with Crippen molar-refractivity contribution in [1.82, 2.24) is 20.7 Å². The lowest BCUT2D eigenvalue weighted by atomic mass is 9.88. The van der Waals surface area contributed by atoms with E-state index in [1.54, 1.807) is 50.3 Å². The van der Waals surface area contributed by atoms with E-state index in [1.807, 2.05) is 20.8 Å². The third-order valence-electron chi connectivity index (χ3n) is 9.48. The molecule has 16 heteroatoms. The summed E-state index contributed by atoms with van der Waals surface area (Å²) in [5.41, 5.74) is 9.17. The Morgan fingerprint density at radius 1 is 1.04 bits per heavy atom. The van der Waals surface area contributed by atoms with Crippen LogP contribution in [-0.2, 0) is 46.8 Å². The second-order valence-electron chi connectivity index (χ2n) is 14.2. The van der Waals surface area contributed by atoms with Crippen molar-refractivity contribution in [1.29, 1.82) is 0 Å². The van der Waals surface area contributed by atoms with Crippen molar-refractivity contribution in [3.8, 4) is 11.5 Å². The van der Waals surface area contributed by atoms with Gasteiger partial charge in [0.25, 0.3) is 10.0 Å². The van der Waals surface area contributed by atoms with Gasteiger partial charge in [-0.25, -0.2) is 17.9 Å². The number of amides is 3. The molecule has 3 amide bonds. The molecule has 0 fully saturated rings.